The molecule has 1 heterocycles. The van der Waals surface area contributed by atoms with Crippen molar-refractivity contribution in [1.82, 2.24) is 4.98 Å². The minimum atomic E-state index is -0.627. The van der Waals surface area contributed by atoms with Crippen LogP contribution in [0.2, 0.25) is 0 Å². The number of phenols is 1. The first-order chi connectivity index (χ1) is 12.7. The molecule has 0 aliphatic heterocycles. The van der Waals surface area contributed by atoms with Crippen molar-refractivity contribution in [3.8, 4) is 5.75 Å². The zero-order valence-electron chi connectivity index (χ0n) is 15.3. The molecule has 3 aromatic rings. The van der Waals surface area contributed by atoms with E-state index in [-0.39, 0.29) is 11.7 Å². The van der Waals surface area contributed by atoms with Crippen LogP contribution in [0.1, 0.15) is 31.3 Å². The van der Waals surface area contributed by atoms with E-state index in [1.807, 2.05) is 0 Å². The number of phenolic OH excluding ortho intramolecular Hbond substituents is 1. The fourth-order valence-electron chi connectivity index (χ4n) is 2.55. The third-order valence-electron chi connectivity index (χ3n) is 3.66. The molecule has 0 aliphatic carbocycles. The molecule has 7 nitrogen and oxygen atoms in total. The van der Waals surface area contributed by atoms with E-state index < -0.39 is 11.7 Å². The highest BCUT2D eigenvalue weighted by Gasteiger charge is 2.18. The smallest absolute Gasteiger partial charge is 0.412 e. The van der Waals surface area contributed by atoms with Gasteiger partial charge in [-0.3, -0.25) is 10.1 Å². The van der Waals surface area contributed by atoms with Crippen LogP contribution in [0.5, 0.6) is 5.75 Å². The van der Waals surface area contributed by atoms with E-state index in [9.17, 15) is 14.7 Å². The zero-order chi connectivity index (χ0) is 19.6. The van der Waals surface area contributed by atoms with Gasteiger partial charge < -0.3 is 20.1 Å². The second-order valence-electron chi connectivity index (χ2n) is 7.08. The average molecular weight is 367 g/mol. The third kappa shape index (κ3) is 4.58. The maximum Gasteiger partial charge on any atom is 0.412 e. The van der Waals surface area contributed by atoms with Crippen molar-refractivity contribution in [3.05, 3.63) is 54.2 Å². The largest absolute Gasteiger partial charge is 0.508 e. The summed E-state index contributed by atoms with van der Waals surface area (Å²) in [4.78, 5) is 27.6. The first-order valence-corrected chi connectivity index (χ1v) is 8.43. The van der Waals surface area contributed by atoms with E-state index in [4.69, 9.17) is 4.74 Å². The molecule has 0 saturated heterocycles. The monoisotopic (exact) mass is 367 g/mol. The summed E-state index contributed by atoms with van der Waals surface area (Å²) in [5.41, 5.74) is 1.31. The van der Waals surface area contributed by atoms with Gasteiger partial charge in [0.15, 0.2) is 0 Å². The van der Waals surface area contributed by atoms with Crippen molar-refractivity contribution in [2.75, 3.05) is 10.6 Å². The van der Waals surface area contributed by atoms with Gasteiger partial charge in [0, 0.05) is 10.9 Å². The molecular weight excluding hydrogens is 346 g/mol. The number of anilines is 2. The van der Waals surface area contributed by atoms with Gasteiger partial charge in [0.1, 0.15) is 17.0 Å². The topological polar surface area (TPSA) is 103 Å². The van der Waals surface area contributed by atoms with Crippen LogP contribution in [0.4, 0.5) is 16.2 Å². The SMILES string of the molecule is CC(C)(C)OC(=O)Nc1ccccc1NC(=O)c1cc2cc(O)ccc2[nH]1. The minimum Gasteiger partial charge on any atom is -0.508 e. The lowest BCUT2D eigenvalue weighted by atomic mass is 10.2. The number of nitrogens with one attached hydrogen (secondary N) is 3. The summed E-state index contributed by atoms with van der Waals surface area (Å²) in [7, 11) is 0. The fraction of sp³-hybridized carbons (Fsp3) is 0.200. The van der Waals surface area contributed by atoms with Gasteiger partial charge in [-0.1, -0.05) is 12.1 Å². The van der Waals surface area contributed by atoms with E-state index in [0.29, 0.717) is 17.1 Å². The zero-order valence-corrected chi connectivity index (χ0v) is 15.3. The van der Waals surface area contributed by atoms with Gasteiger partial charge in [-0.25, -0.2) is 4.79 Å². The molecule has 4 N–H and O–H groups in total. The van der Waals surface area contributed by atoms with Crippen LogP contribution in [-0.4, -0.2) is 27.7 Å². The predicted molar refractivity (Wildman–Crippen MR) is 104 cm³/mol. The van der Waals surface area contributed by atoms with Crippen molar-refractivity contribution in [1.29, 1.82) is 0 Å². The maximum absolute atomic E-state index is 12.6. The number of ether oxygens (including phenoxy) is 1. The molecule has 0 spiro atoms. The second kappa shape index (κ2) is 7.03. The van der Waals surface area contributed by atoms with E-state index in [1.54, 1.807) is 69.3 Å². The summed E-state index contributed by atoms with van der Waals surface area (Å²) in [5, 5.41) is 15.7. The van der Waals surface area contributed by atoms with Crippen molar-refractivity contribution in [2.45, 2.75) is 26.4 Å². The molecule has 0 radical (unpaired) electrons. The lowest BCUT2D eigenvalue weighted by Gasteiger charge is -2.20. The number of H-pyrrole nitrogens is 1. The van der Waals surface area contributed by atoms with Crippen LogP contribution >= 0.6 is 0 Å². The van der Waals surface area contributed by atoms with E-state index >= 15 is 0 Å². The summed E-state index contributed by atoms with van der Waals surface area (Å²) in [6.07, 6.45) is -0.606. The highest BCUT2D eigenvalue weighted by molar-refractivity contribution is 6.08. The Morgan fingerprint density at radius 1 is 1.00 bits per heavy atom. The number of carbonyl (C=O) groups excluding carboxylic acids is 2. The van der Waals surface area contributed by atoms with Gasteiger partial charge >= 0.3 is 6.09 Å². The summed E-state index contributed by atoms with van der Waals surface area (Å²) >= 11 is 0. The van der Waals surface area contributed by atoms with Crippen molar-refractivity contribution < 1.29 is 19.4 Å². The summed E-state index contributed by atoms with van der Waals surface area (Å²) in [6, 6.07) is 13.3. The van der Waals surface area contributed by atoms with Crippen LogP contribution in [0.3, 0.4) is 0 Å². The standard InChI is InChI=1S/C20H21N3O4/c1-20(2,3)27-19(26)23-16-7-5-4-6-15(16)22-18(25)17-11-12-10-13(24)8-9-14(12)21-17/h4-11,21,24H,1-3H3,(H,22,25)(H,23,26). The Morgan fingerprint density at radius 3 is 2.33 bits per heavy atom. The summed E-state index contributed by atoms with van der Waals surface area (Å²) in [5.74, 6) is -0.246. The first-order valence-electron chi connectivity index (χ1n) is 8.43. The molecule has 0 unspecified atom stereocenters. The normalized spacial score (nSPS) is 11.2. The Balaban J connectivity index is 1.78. The number of hydrogen-bond acceptors (Lipinski definition) is 4. The Kier molecular flexibility index (Phi) is 4.77. The highest BCUT2D eigenvalue weighted by Crippen LogP contribution is 2.24. The quantitative estimate of drug-likeness (QED) is 0.548. The number of aromatic hydroxyl groups is 1. The van der Waals surface area contributed by atoms with Gasteiger partial charge in [0.25, 0.3) is 5.91 Å². The Bertz CT molecular complexity index is 1000. The van der Waals surface area contributed by atoms with E-state index in [2.05, 4.69) is 15.6 Å². The fourth-order valence-corrected chi connectivity index (χ4v) is 2.55. The first kappa shape index (κ1) is 18.3. The molecule has 27 heavy (non-hydrogen) atoms. The number of fused-ring (bicyclic) bond motifs is 1. The molecule has 0 saturated carbocycles. The lowest BCUT2D eigenvalue weighted by Crippen LogP contribution is -2.27. The molecule has 0 fully saturated rings. The Labute approximate surface area is 156 Å². The second-order valence-corrected chi connectivity index (χ2v) is 7.08. The van der Waals surface area contributed by atoms with Crippen LogP contribution in [0, 0.1) is 0 Å². The van der Waals surface area contributed by atoms with E-state index in [0.717, 1.165) is 10.9 Å². The number of aromatic amines is 1. The summed E-state index contributed by atoms with van der Waals surface area (Å²) in [6.45, 7) is 5.32. The number of para-hydroxylation sites is 2. The lowest BCUT2D eigenvalue weighted by molar-refractivity contribution is 0.0635. The molecular formula is C20H21N3O4. The number of benzene rings is 2. The minimum absolute atomic E-state index is 0.125. The molecule has 7 heteroatoms. The molecule has 2 amide bonds. The molecule has 1 aromatic heterocycles. The van der Waals surface area contributed by atoms with Crippen LogP contribution < -0.4 is 10.6 Å². The molecule has 0 atom stereocenters. The molecule has 0 bridgehead atoms. The number of amides is 2. The van der Waals surface area contributed by atoms with Gasteiger partial charge in [-0.15, -0.1) is 0 Å². The molecule has 2 aromatic carbocycles. The highest BCUT2D eigenvalue weighted by atomic mass is 16.6. The van der Waals surface area contributed by atoms with E-state index in [1.165, 1.54) is 0 Å². The van der Waals surface area contributed by atoms with Crippen LogP contribution in [-0.2, 0) is 4.74 Å². The average Bonchev–Trinajstić information content (AvgIpc) is 2.98. The Morgan fingerprint density at radius 2 is 1.67 bits per heavy atom. The number of hydrogen-bond donors (Lipinski definition) is 4. The number of carbonyl (C=O) groups is 2. The molecule has 3 rings (SSSR count). The maximum atomic E-state index is 12.6. The predicted octanol–water partition coefficient (Wildman–Crippen LogP) is 4.47. The summed E-state index contributed by atoms with van der Waals surface area (Å²) < 4.78 is 5.24. The van der Waals surface area contributed by atoms with Crippen LogP contribution in [0.15, 0.2) is 48.5 Å². The molecule has 0 aliphatic rings. The van der Waals surface area contributed by atoms with Gasteiger partial charge in [0.05, 0.1) is 11.4 Å². The number of rotatable bonds is 3. The van der Waals surface area contributed by atoms with Gasteiger partial charge in [0.2, 0.25) is 0 Å². The van der Waals surface area contributed by atoms with Crippen LogP contribution in [0.25, 0.3) is 10.9 Å². The number of aromatic nitrogens is 1. The van der Waals surface area contributed by atoms with Crippen molar-refractivity contribution in [3.63, 3.8) is 0 Å². The van der Waals surface area contributed by atoms with Crippen molar-refractivity contribution >= 4 is 34.3 Å². The third-order valence-corrected chi connectivity index (χ3v) is 3.66. The van der Waals surface area contributed by atoms with Crippen molar-refractivity contribution in [2.24, 2.45) is 0 Å². The molecule has 140 valence electrons. The Hall–Kier alpha value is -3.48. The van der Waals surface area contributed by atoms with Gasteiger partial charge in [-0.05, 0) is 57.2 Å². The van der Waals surface area contributed by atoms with Gasteiger partial charge in [-0.2, -0.15) is 0 Å².